The first kappa shape index (κ1) is 19.7. The number of amides is 1. The van der Waals surface area contributed by atoms with E-state index in [9.17, 15) is 4.79 Å². The van der Waals surface area contributed by atoms with Crippen molar-refractivity contribution >= 4 is 23.1 Å². The molecule has 0 atom stereocenters. The molecule has 0 unspecified atom stereocenters. The van der Waals surface area contributed by atoms with E-state index in [4.69, 9.17) is 0 Å². The van der Waals surface area contributed by atoms with Gasteiger partial charge in [-0.3, -0.25) is 4.79 Å². The fourth-order valence-electron chi connectivity index (χ4n) is 2.91. The van der Waals surface area contributed by atoms with E-state index in [0.717, 1.165) is 18.8 Å². The van der Waals surface area contributed by atoms with Crippen molar-refractivity contribution in [1.82, 2.24) is 14.9 Å². The van der Waals surface area contributed by atoms with Crippen LogP contribution in [0.1, 0.15) is 44.0 Å². The highest BCUT2D eigenvalue weighted by atomic mass is 16.2. The lowest BCUT2D eigenvalue weighted by Gasteiger charge is -2.21. The molecule has 0 aliphatic heterocycles. The lowest BCUT2D eigenvalue weighted by molar-refractivity contribution is 0.0766. The molecule has 1 amide bonds. The molecule has 140 valence electrons. The van der Waals surface area contributed by atoms with E-state index in [1.54, 1.807) is 17.9 Å². The van der Waals surface area contributed by atoms with Crippen LogP contribution in [-0.2, 0) is 0 Å². The number of carbonyl (C=O) groups excluding carboxylic acids is 1. The third-order valence-electron chi connectivity index (χ3n) is 4.38. The highest BCUT2D eigenvalue weighted by Crippen LogP contribution is 2.21. The average Bonchev–Trinajstić information content (AvgIpc) is 2.64. The van der Waals surface area contributed by atoms with Crippen LogP contribution in [0.25, 0.3) is 0 Å². The van der Waals surface area contributed by atoms with Crippen LogP contribution in [0.3, 0.4) is 0 Å². The fourth-order valence-corrected chi connectivity index (χ4v) is 2.91. The van der Waals surface area contributed by atoms with Crippen LogP contribution in [0.5, 0.6) is 0 Å². The number of hydrogen-bond donors (Lipinski definition) is 1. The van der Waals surface area contributed by atoms with E-state index < -0.39 is 0 Å². The van der Waals surface area contributed by atoms with Crippen LogP contribution in [0, 0.1) is 6.92 Å². The molecule has 1 heterocycles. The second kappa shape index (κ2) is 9.17. The van der Waals surface area contributed by atoms with Gasteiger partial charge in [-0.2, -0.15) is 0 Å². The molecule has 0 radical (unpaired) electrons. The molecule has 2 aromatic rings. The van der Waals surface area contributed by atoms with Crippen LogP contribution in [0.15, 0.2) is 30.3 Å². The van der Waals surface area contributed by atoms with Gasteiger partial charge in [0.05, 0.1) is 0 Å². The molecule has 0 aliphatic carbocycles. The number of carbonyl (C=O) groups is 1. The Balaban J connectivity index is 2.20. The first-order valence-corrected chi connectivity index (χ1v) is 9.29. The SMILES string of the molecule is CCN(CC)C(=O)c1cc(Nc2ccc(N(CC)CC)cc2)nc(C)n1. The topological polar surface area (TPSA) is 61.4 Å². The number of rotatable bonds is 8. The molecule has 1 N–H and O–H groups in total. The van der Waals surface area contributed by atoms with Gasteiger partial charge in [0, 0.05) is 43.6 Å². The van der Waals surface area contributed by atoms with E-state index >= 15 is 0 Å². The van der Waals surface area contributed by atoms with Gasteiger partial charge in [-0.15, -0.1) is 0 Å². The molecule has 0 spiro atoms. The van der Waals surface area contributed by atoms with Crippen molar-refractivity contribution in [2.45, 2.75) is 34.6 Å². The largest absolute Gasteiger partial charge is 0.372 e. The zero-order valence-electron chi connectivity index (χ0n) is 16.4. The molecule has 0 saturated heterocycles. The Labute approximate surface area is 156 Å². The van der Waals surface area contributed by atoms with E-state index in [-0.39, 0.29) is 5.91 Å². The highest BCUT2D eigenvalue weighted by Gasteiger charge is 2.16. The molecule has 26 heavy (non-hydrogen) atoms. The van der Waals surface area contributed by atoms with E-state index in [1.807, 2.05) is 26.0 Å². The third-order valence-corrected chi connectivity index (χ3v) is 4.38. The summed E-state index contributed by atoms with van der Waals surface area (Å²) in [4.78, 5) is 25.3. The Morgan fingerprint density at radius 1 is 0.962 bits per heavy atom. The minimum Gasteiger partial charge on any atom is -0.372 e. The quantitative estimate of drug-likeness (QED) is 0.779. The Bertz CT molecular complexity index is 721. The fraction of sp³-hybridized carbons (Fsp3) is 0.450. The summed E-state index contributed by atoms with van der Waals surface area (Å²) in [5, 5.41) is 3.28. The van der Waals surface area contributed by atoms with Crippen molar-refractivity contribution in [3.05, 3.63) is 41.9 Å². The summed E-state index contributed by atoms with van der Waals surface area (Å²) in [7, 11) is 0. The molecule has 1 aromatic carbocycles. The van der Waals surface area contributed by atoms with Gasteiger partial charge in [-0.25, -0.2) is 9.97 Å². The molecule has 0 bridgehead atoms. The third kappa shape index (κ3) is 4.71. The van der Waals surface area contributed by atoms with Crippen LogP contribution in [-0.4, -0.2) is 47.0 Å². The molecule has 0 fully saturated rings. The monoisotopic (exact) mass is 355 g/mol. The highest BCUT2D eigenvalue weighted by molar-refractivity contribution is 5.93. The summed E-state index contributed by atoms with van der Waals surface area (Å²) in [5.41, 5.74) is 2.54. The predicted octanol–water partition coefficient (Wildman–Crippen LogP) is 3.86. The average molecular weight is 355 g/mol. The smallest absolute Gasteiger partial charge is 0.272 e. The molecule has 6 heteroatoms. The second-order valence-corrected chi connectivity index (χ2v) is 6.01. The Hall–Kier alpha value is -2.63. The number of nitrogens with one attached hydrogen (secondary N) is 1. The van der Waals surface area contributed by atoms with Crippen molar-refractivity contribution in [2.75, 3.05) is 36.4 Å². The number of hydrogen-bond acceptors (Lipinski definition) is 5. The molecule has 0 saturated carbocycles. The van der Waals surface area contributed by atoms with Gasteiger partial charge in [0.15, 0.2) is 0 Å². The maximum Gasteiger partial charge on any atom is 0.272 e. The number of nitrogens with zero attached hydrogens (tertiary/aromatic N) is 4. The number of aromatic nitrogens is 2. The van der Waals surface area contributed by atoms with Crippen molar-refractivity contribution < 1.29 is 4.79 Å². The Morgan fingerprint density at radius 3 is 2.12 bits per heavy atom. The maximum absolute atomic E-state index is 12.6. The number of anilines is 3. The van der Waals surface area contributed by atoms with Crippen molar-refractivity contribution in [3.8, 4) is 0 Å². The van der Waals surface area contributed by atoms with Crippen molar-refractivity contribution in [2.24, 2.45) is 0 Å². The first-order chi connectivity index (χ1) is 12.5. The van der Waals surface area contributed by atoms with E-state index in [1.165, 1.54) is 5.69 Å². The van der Waals surface area contributed by atoms with Crippen LogP contribution in [0.2, 0.25) is 0 Å². The lowest BCUT2D eigenvalue weighted by atomic mass is 10.2. The predicted molar refractivity (Wildman–Crippen MR) is 107 cm³/mol. The summed E-state index contributed by atoms with van der Waals surface area (Å²) in [6.07, 6.45) is 0. The summed E-state index contributed by atoms with van der Waals surface area (Å²) >= 11 is 0. The first-order valence-electron chi connectivity index (χ1n) is 9.29. The summed E-state index contributed by atoms with van der Waals surface area (Å²) < 4.78 is 0. The number of benzene rings is 1. The number of aryl methyl sites for hydroxylation is 1. The van der Waals surface area contributed by atoms with Crippen LogP contribution < -0.4 is 10.2 Å². The maximum atomic E-state index is 12.6. The normalized spacial score (nSPS) is 10.5. The van der Waals surface area contributed by atoms with Crippen molar-refractivity contribution in [3.63, 3.8) is 0 Å². The zero-order valence-corrected chi connectivity index (χ0v) is 16.4. The minimum absolute atomic E-state index is 0.0690. The molecule has 6 nitrogen and oxygen atoms in total. The van der Waals surface area contributed by atoms with E-state index in [0.29, 0.717) is 30.4 Å². The summed E-state index contributed by atoms with van der Waals surface area (Å²) in [5.74, 6) is 1.13. The van der Waals surface area contributed by atoms with Gasteiger partial charge in [0.1, 0.15) is 17.3 Å². The van der Waals surface area contributed by atoms with Gasteiger partial charge in [-0.1, -0.05) is 0 Å². The zero-order chi connectivity index (χ0) is 19.1. The standard InChI is InChI=1S/C20H29N5O/c1-6-24(7-2)17-12-10-16(11-13-17)23-19-14-18(21-15(5)22-19)20(26)25(8-3)9-4/h10-14H,6-9H2,1-5H3,(H,21,22,23). The Morgan fingerprint density at radius 2 is 1.58 bits per heavy atom. The van der Waals surface area contributed by atoms with Gasteiger partial charge in [0.2, 0.25) is 0 Å². The molecule has 1 aromatic heterocycles. The lowest BCUT2D eigenvalue weighted by Crippen LogP contribution is -2.31. The molecule has 0 aliphatic rings. The molecule has 2 rings (SSSR count). The Kier molecular flexibility index (Phi) is 6.95. The summed E-state index contributed by atoms with van der Waals surface area (Å²) in [6, 6.07) is 9.94. The van der Waals surface area contributed by atoms with Crippen molar-refractivity contribution in [1.29, 1.82) is 0 Å². The van der Waals surface area contributed by atoms with Crippen LogP contribution in [0.4, 0.5) is 17.2 Å². The van der Waals surface area contributed by atoms with Gasteiger partial charge in [-0.05, 0) is 58.9 Å². The molecular weight excluding hydrogens is 326 g/mol. The van der Waals surface area contributed by atoms with Gasteiger partial charge in [0.25, 0.3) is 5.91 Å². The van der Waals surface area contributed by atoms with E-state index in [2.05, 4.69) is 46.2 Å². The second-order valence-electron chi connectivity index (χ2n) is 6.01. The molecular formula is C20H29N5O. The summed E-state index contributed by atoms with van der Waals surface area (Å²) in [6.45, 7) is 13.3. The minimum atomic E-state index is -0.0690. The van der Waals surface area contributed by atoms with Gasteiger partial charge < -0.3 is 15.1 Å². The van der Waals surface area contributed by atoms with Crippen LogP contribution >= 0.6 is 0 Å². The van der Waals surface area contributed by atoms with Gasteiger partial charge >= 0.3 is 0 Å².